The Morgan fingerprint density at radius 2 is 1.93 bits per heavy atom. The summed E-state index contributed by atoms with van der Waals surface area (Å²) < 4.78 is 4.96. The number of aliphatic carboxylic acids is 1. The number of carbonyl (C=O) groups excluding carboxylic acids is 1. The van der Waals surface area contributed by atoms with E-state index < -0.39 is 29.1 Å². The summed E-state index contributed by atoms with van der Waals surface area (Å²) in [5.41, 5.74) is -1.19. The Hall–Kier alpha value is -2.87. The zero-order valence-corrected chi connectivity index (χ0v) is 16.7. The van der Waals surface area contributed by atoms with Crippen LogP contribution in [0, 0.1) is 5.92 Å². The van der Waals surface area contributed by atoms with Gasteiger partial charge in [0, 0.05) is 18.5 Å². The molecule has 28 heavy (non-hydrogen) atoms. The van der Waals surface area contributed by atoms with Crippen molar-refractivity contribution in [3.05, 3.63) is 47.0 Å². The molecule has 1 amide bonds. The van der Waals surface area contributed by atoms with E-state index in [2.05, 4.69) is 15.3 Å². The molecule has 0 aliphatic rings. The van der Waals surface area contributed by atoms with E-state index in [1.54, 1.807) is 25.3 Å². The van der Waals surface area contributed by atoms with Gasteiger partial charge in [0.2, 0.25) is 0 Å². The van der Waals surface area contributed by atoms with Crippen LogP contribution in [0.25, 0.3) is 0 Å². The van der Waals surface area contributed by atoms with E-state index in [0.29, 0.717) is 5.15 Å². The fourth-order valence-corrected chi connectivity index (χ4v) is 2.98. The van der Waals surface area contributed by atoms with Gasteiger partial charge in [0.15, 0.2) is 17.2 Å². The number of amides is 1. The van der Waals surface area contributed by atoms with Gasteiger partial charge in [-0.25, -0.2) is 14.8 Å². The Morgan fingerprint density at radius 1 is 1.25 bits per heavy atom. The molecule has 2 rings (SSSR count). The molecule has 0 saturated carbocycles. The van der Waals surface area contributed by atoms with Crippen LogP contribution in [-0.2, 0) is 4.79 Å². The third-order valence-electron chi connectivity index (χ3n) is 5.08. The van der Waals surface area contributed by atoms with Crippen molar-refractivity contribution in [3.63, 3.8) is 0 Å². The van der Waals surface area contributed by atoms with Gasteiger partial charge in [0.1, 0.15) is 10.7 Å². The summed E-state index contributed by atoms with van der Waals surface area (Å²) in [5, 5.41) is 22.8. The zero-order chi connectivity index (χ0) is 21.1. The minimum Gasteiger partial charge on any atom is -0.503 e. The normalized spacial score (nSPS) is 15.2. The zero-order valence-electron chi connectivity index (χ0n) is 15.9. The maximum absolute atomic E-state index is 12.7. The Bertz CT molecular complexity index is 874. The highest BCUT2D eigenvalue weighted by Gasteiger charge is 2.44. The summed E-state index contributed by atoms with van der Waals surface area (Å²) in [5.74, 6) is -3.24. The quantitative estimate of drug-likeness (QED) is 0.603. The molecule has 150 valence electrons. The molecule has 0 bridgehead atoms. The lowest BCUT2D eigenvalue weighted by Gasteiger charge is -2.36. The highest BCUT2D eigenvalue weighted by Crippen LogP contribution is 2.34. The van der Waals surface area contributed by atoms with Gasteiger partial charge >= 0.3 is 5.97 Å². The lowest BCUT2D eigenvalue weighted by Crippen LogP contribution is -2.57. The number of rotatable bonds is 7. The van der Waals surface area contributed by atoms with Crippen molar-refractivity contribution in [1.82, 2.24) is 15.3 Å². The van der Waals surface area contributed by atoms with Crippen LogP contribution < -0.4 is 10.1 Å². The lowest BCUT2D eigenvalue weighted by molar-refractivity contribution is -0.146. The predicted octanol–water partition coefficient (Wildman–Crippen LogP) is 2.86. The summed E-state index contributed by atoms with van der Waals surface area (Å²) in [4.78, 5) is 32.6. The van der Waals surface area contributed by atoms with Crippen molar-refractivity contribution in [3.8, 4) is 11.5 Å². The molecule has 8 nitrogen and oxygen atoms in total. The number of aromatic nitrogens is 2. The number of carbonyl (C=O) groups is 2. The van der Waals surface area contributed by atoms with Crippen LogP contribution in [0.4, 0.5) is 0 Å². The highest BCUT2D eigenvalue weighted by atomic mass is 35.5. The second-order valence-electron chi connectivity index (χ2n) is 6.66. The third-order valence-corrected chi connectivity index (χ3v) is 5.30. The van der Waals surface area contributed by atoms with Crippen LogP contribution in [0.3, 0.4) is 0 Å². The molecule has 0 saturated heterocycles. The summed E-state index contributed by atoms with van der Waals surface area (Å²) in [6.07, 6.45) is 2.86. The number of hydrogen-bond donors (Lipinski definition) is 3. The monoisotopic (exact) mass is 407 g/mol. The van der Waals surface area contributed by atoms with E-state index in [1.165, 1.54) is 26.3 Å². The molecule has 0 spiro atoms. The number of ether oxygens (including phenoxy) is 1. The van der Waals surface area contributed by atoms with Crippen LogP contribution >= 0.6 is 11.6 Å². The Labute approximate surface area is 167 Å². The third kappa shape index (κ3) is 4.17. The van der Waals surface area contributed by atoms with E-state index in [-0.39, 0.29) is 17.4 Å². The molecular formula is C19H22ClN3O5. The first-order chi connectivity index (χ1) is 13.1. The Kier molecular flexibility index (Phi) is 6.45. The number of aromatic hydroxyl groups is 1. The first-order valence-electron chi connectivity index (χ1n) is 8.51. The minimum absolute atomic E-state index is 0.0610. The van der Waals surface area contributed by atoms with Gasteiger partial charge in [0.05, 0.1) is 7.11 Å². The number of halogens is 1. The molecule has 3 N–H and O–H groups in total. The molecular weight excluding hydrogens is 386 g/mol. The van der Waals surface area contributed by atoms with Gasteiger partial charge in [-0.15, -0.1) is 0 Å². The van der Waals surface area contributed by atoms with Gasteiger partial charge < -0.3 is 20.3 Å². The van der Waals surface area contributed by atoms with Crippen LogP contribution in [0.5, 0.6) is 11.5 Å². The smallest absolute Gasteiger partial charge is 0.329 e. The van der Waals surface area contributed by atoms with Gasteiger partial charge in [-0.1, -0.05) is 31.5 Å². The average molecular weight is 408 g/mol. The summed E-state index contributed by atoms with van der Waals surface area (Å²) in [6, 6.07) is 4.77. The number of nitrogens with zero attached hydrogens (tertiary/aromatic N) is 2. The lowest BCUT2D eigenvalue weighted by atomic mass is 9.76. The predicted molar refractivity (Wildman–Crippen MR) is 103 cm³/mol. The van der Waals surface area contributed by atoms with Crippen molar-refractivity contribution in [2.24, 2.45) is 5.92 Å². The largest absolute Gasteiger partial charge is 0.503 e. The second kappa shape index (κ2) is 8.43. The highest BCUT2D eigenvalue weighted by molar-refractivity contribution is 6.29. The minimum atomic E-state index is -1.65. The van der Waals surface area contributed by atoms with Crippen molar-refractivity contribution >= 4 is 23.5 Å². The van der Waals surface area contributed by atoms with E-state index >= 15 is 0 Å². The molecule has 0 aliphatic carbocycles. The maximum atomic E-state index is 12.7. The molecule has 3 atom stereocenters. The van der Waals surface area contributed by atoms with Gasteiger partial charge in [-0.2, -0.15) is 0 Å². The fraction of sp³-hybridized carbons (Fsp3) is 0.368. The van der Waals surface area contributed by atoms with Crippen molar-refractivity contribution < 1.29 is 24.5 Å². The van der Waals surface area contributed by atoms with Crippen molar-refractivity contribution in [2.45, 2.75) is 32.2 Å². The van der Waals surface area contributed by atoms with Gasteiger partial charge in [-0.05, 0) is 30.4 Å². The summed E-state index contributed by atoms with van der Waals surface area (Å²) in [7, 11) is 1.34. The summed E-state index contributed by atoms with van der Waals surface area (Å²) >= 11 is 5.81. The van der Waals surface area contributed by atoms with Crippen LogP contribution in [0.2, 0.25) is 5.15 Å². The standard InChI is InChI=1S/C19H22ClN3O5/c1-10(12-5-6-14(20)22-9-12)11(2)19(3,18(26)27)23-17(25)15-16(24)13(28-4)7-8-21-15/h5-11,24H,1-4H3,(H,23,25)(H,26,27). The first-order valence-corrected chi connectivity index (χ1v) is 8.89. The average Bonchev–Trinajstić information content (AvgIpc) is 2.67. The molecule has 0 radical (unpaired) electrons. The summed E-state index contributed by atoms with van der Waals surface area (Å²) in [6.45, 7) is 4.96. The molecule has 0 fully saturated rings. The Balaban J connectivity index is 2.33. The molecule has 0 aliphatic heterocycles. The number of nitrogens with one attached hydrogen (secondary N) is 1. The van der Waals surface area contributed by atoms with E-state index in [0.717, 1.165) is 5.56 Å². The number of methoxy groups -OCH3 is 1. The van der Waals surface area contributed by atoms with Gasteiger partial charge in [-0.3, -0.25) is 4.79 Å². The van der Waals surface area contributed by atoms with Crippen LogP contribution in [0.1, 0.15) is 42.7 Å². The first kappa shape index (κ1) is 21.4. The maximum Gasteiger partial charge on any atom is 0.329 e. The number of pyridine rings is 2. The van der Waals surface area contributed by atoms with Crippen LogP contribution in [-0.4, -0.2) is 44.7 Å². The molecule has 0 aromatic carbocycles. The topological polar surface area (TPSA) is 122 Å². The molecule has 9 heteroatoms. The molecule has 2 aromatic rings. The molecule has 3 unspecified atom stereocenters. The van der Waals surface area contributed by atoms with Gasteiger partial charge in [0.25, 0.3) is 5.91 Å². The number of carboxylic acids is 1. The number of hydrogen-bond acceptors (Lipinski definition) is 6. The van der Waals surface area contributed by atoms with Crippen LogP contribution in [0.15, 0.2) is 30.6 Å². The SMILES string of the molecule is COc1ccnc(C(=O)NC(C)(C(=O)O)C(C)C(C)c2ccc(Cl)nc2)c1O. The van der Waals surface area contributed by atoms with Crippen molar-refractivity contribution in [1.29, 1.82) is 0 Å². The van der Waals surface area contributed by atoms with E-state index in [9.17, 15) is 19.8 Å². The molecule has 2 heterocycles. The van der Waals surface area contributed by atoms with E-state index in [4.69, 9.17) is 16.3 Å². The second-order valence-corrected chi connectivity index (χ2v) is 7.05. The Morgan fingerprint density at radius 3 is 2.46 bits per heavy atom. The number of carboxylic acid groups (broad SMARTS) is 1. The van der Waals surface area contributed by atoms with Crippen molar-refractivity contribution in [2.75, 3.05) is 7.11 Å². The fourth-order valence-electron chi connectivity index (χ4n) is 2.87. The molecule has 2 aromatic heterocycles. The van der Waals surface area contributed by atoms with E-state index in [1.807, 2.05) is 6.92 Å².